The predicted octanol–water partition coefficient (Wildman–Crippen LogP) is 6.01. The average molecular weight is 822 g/mol. The van der Waals surface area contributed by atoms with Crippen molar-refractivity contribution in [2.24, 2.45) is 0 Å². The first-order chi connectivity index (χ1) is 25.9. The molecule has 2 aliphatic heterocycles. The van der Waals surface area contributed by atoms with Crippen molar-refractivity contribution in [1.29, 1.82) is 5.26 Å². The van der Waals surface area contributed by atoms with Crippen molar-refractivity contribution in [3.63, 3.8) is 0 Å². The normalized spacial score (nSPS) is 14.2. The lowest BCUT2D eigenvalue weighted by molar-refractivity contribution is 0.101. The third-order valence-electron chi connectivity index (χ3n) is 8.31. The Morgan fingerprint density at radius 3 is 1.75 bits per heavy atom. The molecule has 16 heteroatoms. The van der Waals surface area contributed by atoms with Crippen LogP contribution in [0.5, 0.6) is 11.5 Å². The van der Waals surface area contributed by atoms with Gasteiger partial charge in [0.2, 0.25) is 0 Å². The van der Waals surface area contributed by atoms with Crippen LogP contribution in [0.25, 0.3) is 23.0 Å². The van der Waals surface area contributed by atoms with E-state index in [0.29, 0.717) is 76.1 Å². The number of halogens is 1. The molecule has 2 aromatic carbocycles. The molecule has 0 radical (unpaired) electrons. The highest BCUT2D eigenvalue weighted by Gasteiger charge is 2.18. The van der Waals surface area contributed by atoms with Crippen LogP contribution >= 0.6 is 22.6 Å². The van der Waals surface area contributed by atoms with Gasteiger partial charge in [0, 0.05) is 16.7 Å². The molecule has 0 atom stereocenters. The Kier molecular flexibility index (Phi) is 10.9. The summed E-state index contributed by atoms with van der Waals surface area (Å²) >= 11 is 2.18. The van der Waals surface area contributed by atoms with Crippen LogP contribution in [0.2, 0.25) is 0 Å². The van der Waals surface area contributed by atoms with E-state index >= 15 is 0 Å². The van der Waals surface area contributed by atoms with Gasteiger partial charge in [-0.05, 0) is 109 Å². The van der Waals surface area contributed by atoms with Crippen molar-refractivity contribution in [1.82, 2.24) is 39.5 Å². The minimum atomic E-state index is -0.384. The molecule has 53 heavy (non-hydrogen) atoms. The average Bonchev–Trinajstić information content (AvgIpc) is 3.85. The van der Waals surface area contributed by atoms with E-state index < -0.39 is 0 Å². The third-order valence-corrected chi connectivity index (χ3v) is 8.98. The second-order valence-electron chi connectivity index (χ2n) is 12.0. The number of benzene rings is 2. The van der Waals surface area contributed by atoms with Crippen LogP contribution in [0.15, 0.2) is 85.5 Å². The zero-order chi connectivity index (χ0) is 36.6. The summed E-state index contributed by atoms with van der Waals surface area (Å²) in [7, 11) is 0. The Bertz CT molecular complexity index is 2320. The Morgan fingerprint density at radius 1 is 0.679 bits per heavy atom. The smallest absolute Gasteiger partial charge is 0.260 e. The van der Waals surface area contributed by atoms with Gasteiger partial charge in [0.25, 0.3) is 11.8 Å². The Hall–Kier alpha value is -6.22. The number of rotatable bonds is 0. The van der Waals surface area contributed by atoms with Gasteiger partial charge >= 0.3 is 0 Å². The molecule has 2 aliphatic rings. The summed E-state index contributed by atoms with van der Waals surface area (Å²) in [6.07, 6.45) is 6.81. The lowest BCUT2D eigenvalue weighted by Gasteiger charge is -2.14. The number of hydrogen-bond donors (Lipinski definition) is 2. The van der Waals surface area contributed by atoms with Crippen molar-refractivity contribution in [2.75, 3.05) is 23.8 Å². The largest absolute Gasteiger partial charge is 0.493 e. The number of fused-ring (bicyclic) bond motifs is 10. The highest BCUT2D eigenvalue weighted by atomic mass is 127. The SMILES string of the molecule is N#Cc1ccc2c(c1)C(=O)Nc1cccc(n1)-c1nncn1CCCCO2.O=C1Nc2cccc(n2)-c2nncn2CCCCOc2ccc(I)cc21. The van der Waals surface area contributed by atoms with Gasteiger partial charge in [0.05, 0.1) is 36.0 Å². The first-order valence-electron chi connectivity index (χ1n) is 16.9. The molecule has 8 rings (SSSR count). The van der Waals surface area contributed by atoms with Gasteiger partial charge < -0.3 is 29.2 Å². The monoisotopic (exact) mass is 821 g/mol. The number of aromatic nitrogens is 8. The number of nitriles is 1. The molecule has 0 saturated carbocycles. The quantitative estimate of drug-likeness (QED) is 0.171. The molecule has 0 fully saturated rings. The molecule has 0 saturated heterocycles. The zero-order valence-electron chi connectivity index (χ0n) is 28.3. The van der Waals surface area contributed by atoms with Gasteiger partial charge in [0.1, 0.15) is 47.2 Å². The van der Waals surface area contributed by atoms with E-state index in [1.807, 2.05) is 51.6 Å². The van der Waals surface area contributed by atoms with Gasteiger partial charge in [-0.2, -0.15) is 5.26 Å². The first-order valence-corrected chi connectivity index (χ1v) is 18.0. The van der Waals surface area contributed by atoms with E-state index in [1.165, 1.54) is 6.07 Å². The fraction of sp³-hybridized carbons (Fsp3) is 0.216. The van der Waals surface area contributed by atoms with Crippen LogP contribution in [-0.4, -0.2) is 64.5 Å². The van der Waals surface area contributed by atoms with E-state index in [2.05, 4.69) is 63.6 Å². The predicted molar refractivity (Wildman–Crippen MR) is 202 cm³/mol. The molecule has 4 aromatic heterocycles. The second-order valence-corrected chi connectivity index (χ2v) is 13.2. The maximum Gasteiger partial charge on any atom is 0.260 e. The van der Waals surface area contributed by atoms with Gasteiger partial charge in [-0.3, -0.25) is 9.59 Å². The number of anilines is 2. The Morgan fingerprint density at radius 2 is 1.21 bits per heavy atom. The van der Waals surface area contributed by atoms with Crippen molar-refractivity contribution in [3.8, 4) is 40.6 Å². The Labute approximate surface area is 317 Å². The van der Waals surface area contributed by atoms with E-state index in [4.69, 9.17) is 14.7 Å². The van der Waals surface area contributed by atoms with E-state index in [9.17, 15) is 9.59 Å². The number of nitrogens with one attached hydrogen (secondary N) is 2. The summed E-state index contributed by atoms with van der Waals surface area (Å²) in [6.45, 7) is 2.53. The molecular weight excluding hydrogens is 789 g/mol. The van der Waals surface area contributed by atoms with Crippen LogP contribution in [0.1, 0.15) is 52.0 Å². The molecule has 266 valence electrons. The van der Waals surface area contributed by atoms with Crippen molar-refractivity contribution in [3.05, 3.63) is 106 Å². The standard InChI is InChI=1S/C19H16N6O2.C18H16IN5O2/c20-11-13-6-7-16-14(10-13)19(26)23-17-5-3-4-15(22-17)18-24-21-12-25(18)8-1-2-9-27-16;19-12-6-7-15-13(10-12)18(25)22-16-5-3-4-14(21-16)17-23-20-11-24(17)8-1-2-9-26-15/h3-7,10,12H,1-2,8-9H2,(H,22,23,26);3-7,10-11H,1-2,8-9H2,(H,21,22,25). The minimum absolute atomic E-state index is 0.248. The lowest BCUT2D eigenvalue weighted by atomic mass is 10.1. The van der Waals surface area contributed by atoms with Crippen molar-refractivity contribution in [2.45, 2.75) is 38.8 Å². The topological polar surface area (TPSA) is 188 Å². The molecule has 0 aliphatic carbocycles. The molecular formula is C37H32IN11O4. The van der Waals surface area contributed by atoms with Gasteiger partial charge in [-0.1, -0.05) is 12.1 Å². The summed E-state index contributed by atoms with van der Waals surface area (Å²) in [5.41, 5.74) is 2.51. The molecule has 2 amide bonds. The zero-order valence-corrected chi connectivity index (χ0v) is 30.4. The molecule has 4 bridgehead atoms. The van der Waals surface area contributed by atoms with E-state index in [0.717, 1.165) is 42.3 Å². The summed E-state index contributed by atoms with van der Waals surface area (Å²) in [5, 5.41) is 31.1. The summed E-state index contributed by atoms with van der Waals surface area (Å²) in [5.74, 6) is 2.59. The number of nitrogens with zero attached hydrogens (tertiary/aromatic N) is 9. The lowest BCUT2D eigenvalue weighted by Crippen LogP contribution is -2.16. The molecule has 6 aromatic rings. The maximum absolute atomic E-state index is 12.8. The highest BCUT2D eigenvalue weighted by Crippen LogP contribution is 2.26. The number of pyridine rings is 2. The molecule has 6 heterocycles. The minimum Gasteiger partial charge on any atom is -0.493 e. The summed E-state index contributed by atoms with van der Waals surface area (Å²) in [4.78, 5) is 34.5. The Balaban J connectivity index is 0.000000164. The van der Waals surface area contributed by atoms with Crippen LogP contribution < -0.4 is 20.1 Å². The van der Waals surface area contributed by atoms with Gasteiger partial charge in [0.15, 0.2) is 11.6 Å². The number of hydrogen-bond acceptors (Lipinski definition) is 11. The van der Waals surface area contributed by atoms with Crippen molar-refractivity contribution >= 4 is 46.0 Å². The van der Waals surface area contributed by atoms with E-state index in [1.54, 1.807) is 43.0 Å². The third kappa shape index (κ3) is 8.47. The van der Waals surface area contributed by atoms with Crippen LogP contribution in [0, 0.1) is 14.9 Å². The number of aryl methyl sites for hydroxylation is 2. The fourth-order valence-electron chi connectivity index (χ4n) is 5.70. The number of carbonyl (C=O) groups is 2. The maximum atomic E-state index is 12.8. The van der Waals surface area contributed by atoms with Crippen LogP contribution in [-0.2, 0) is 13.1 Å². The molecule has 0 spiro atoms. The van der Waals surface area contributed by atoms with E-state index in [-0.39, 0.29) is 11.8 Å². The molecule has 2 N–H and O–H groups in total. The summed E-state index contributed by atoms with van der Waals surface area (Å²) in [6, 6.07) is 23.2. The molecule has 15 nitrogen and oxygen atoms in total. The number of carbonyl (C=O) groups excluding carboxylic acids is 2. The van der Waals surface area contributed by atoms with Crippen LogP contribution in [0.3, 0.4) is 0 Å². The summed E-state index contributed by atoms with van der Waals surface area (Å²) < 4.78 is 16.5. The van der Waals surface area contributed by atoms with Gasteiger partial charge in [-0.15, -0.1) is 20.4 Å². The van der Waals surface area contributed by atoms with Crippen molar-refractivity contribution < 1.29 is 19.1 Å². The first kappa shape index (κ1) is 35.2. The van der Waals surface area contributed by atoms with Gasteiger partial charge in [-0.25, -0.2) is 9.97 Å². The fourth-order valence-corrected chi connectivity index (χ4v) is 6.19. The number of amides is 2. The second kappa shape index (κ2) is 16.4. The van der Waals surface area contributed by atoms with Crippen LogP contribution in [0.4, 0.5) is 11.6 Å². The number of ether oxygens (including phenoxy) is 2. The highest BCUT2D eigenvalue weighted by molar-refractivity contribution is 14.1. The molecule has 0 unspecified atom stereocenters.